The Hall–Kier alpha value is -1.66. The number of alkyl halides is 3. The van der Waals surface area contributed by atoms with Crippen LogP contribution in [0.15, 0.2) is 54.6 Å². The lowest BCUT2D eigenvalue weighted by atomic mass is 10.2. The van der Waals surface area contributed by atoms with Gasteiger partial charge in [-0.1, -0.05) is 64.6 Å². The molecule has 1 unspecified atom stereocenters. The highest BCUT2D eigenvalue weighted by Gasteiger charge is 2.35. The van der Waals surface area contributed by atoms with Gasteiger partial charge < -0.3 is 16.0 Å². The predicted molar refractivity (Wildman–Crippen MR) is 102 cm³/mol. The van der Waals surface area contributed by atoms with Crippen molar-refractivity contribution >= 4 is 64.0 Å². The predicted octanol–water partition coefficient (Wildman–Crippen LogP) is 4.59. The van der Waals surface area contributed by atoms with E-state index in [0.29, 0.717) is 16.3 Å². The minimum Gasteiger partial charge on any atom is -0.328 e. The van der Waals surface area contributed by atoms with Gasteiger partial charge in [0.2, 0.25) is 3.79 Å². The van der Waals surface area contributed by atoms with Crippen LogP contribution in [-0.2, 0) is 0 Å². The number of rotatable bonds is 4. The molecule has 1 atom stereocenters. The number of carbonyl (C=O) groups excluding carboxylic acids is 2. The van der Waals surface area contributed by atoms with Crippen molar-refractivity contribution in [2.24, 2.45) is 0 Å². The van der Waals surface area contributed by atoms with E-state index in [9.17, 15) is 9.59 Å². The Balaban J connectivity index is 2.03. The van der Waals surface area contributed by atoms with Crippen LogP contribution in [0, 0.1) is 0 Å². The summed E-state index contributed by atoms with van der Waals surface area (Å²) in [5.41, 5.74) is 0.848. The first-order chi connectivity index (χ1) is 11.8. The van der Waals surface area contributed by atoms with Crippen molar-refractivity contribution in [2.75, 3.05) is 5.32 Å². The van der Waals surface area contributed by atoms with Crippen LogP contribution in [0.4, 0.5) is 10.5 Å². The van der Waals surface area contributed by atoms with Gasteiger partial charge in [-0.3, -0.25) is 4.79 Å². The molecular formula is C16H13Cl4N3O2. The standard InChI is InChI=1S/C16H13Cl4N3O2/c17-11-6-8-12(9-7-11)21-15(25)23-14(16(18,19)20)22-13(24)10-4-2-1-3-5-10/h1-9,14H,(H,22,24)(H2,21,23,25). The average molecular weight is 421 g/mol. The van der Waals surface area contributed by atoms with Gasteiger partial charge in [-0.25, -0.2) is 4.79 Å². The van der Waals surface area contributed by atoms with Crippen LogP contribution >= 0.6 is 46.4 Å². The Morgan fingerprint density at radius 2 is 1.48 bits per heavy atom. The Bertz CT molecular complexity index is 733. The SMILES string of the molecule is O=C(Nc1ccc(Cl)cc1)NC(NC(=O)c1ccccc1)C(Cl)(Cl)Cl. The van der Waals surface area contributed by atoms with Crippen molar-refractivity contribution in [1.29, 1.82) is 0 Å². The number of amides is 3. The third-order valence-corrected chi connectivity index (χ3v) is 3.92. The second-order valence-corrected chi connectivity index (χ2v) is 7.72. The summed E-state index contributed by atoms with van der Waals surface area (Å²) in [5, 5.41) is 7.96. The van der Waals surface area contributed by atoms with E-state index in [1.807, 2.05) is 0 Å². The molecule has 9 heteroatoms. The largest absolute Gasteiger partial charge is 0.328 e. The van der Waals surface area contributed by atoms with Crippen LogP contribution in [-0.4, -0.2) is 21.9 Å². The van der Waals surface area contributed by atoms with Gasteiger partial charge in [-0.05, 0) is 36.4 Å². The van der Waals surface area contributed by atoms with Gasteiger partial charge in [0.1, 0.15) is 0 Å². The van der Waals surface area contributed by atoms with Crippen LogP contribution in [0.3, 0.4) is 0 Å². The normalized spacial score (nSPS) is 12.2. The van der Waals surface area contributed by atoms with Gasteiger partial charge in [0.15, 0.2) is 6.17 Å². The fourth-order valence-electron chi connectivity index (χ4n) is 1.84. The third-order valence-electron chi connectivity index (χ3n) is 3.02. The highest BCUT2D eigenvalue weighted by Crippen LogP contribution is 2.29. The van der Waals surface area contributed by atoms with Crippen LogP contribution in [0.25, 0.3) is 0 Å². The van der Waals surface area contributed by atoms with Crippen molar-refractivity contribution in [3.8, 4) is 0 Å². The summed E-state index contributed by atoms with van der Waals surface area (Å²) < 4.78 is -1.96. The number of halogens is 4. The minimum absolute atomic E-state index is 0.363. The summed E-state index contributed by atoms with van der Waals surface area (Å²) in [4.78, 5) is 24.3. The van der Waals surface area contributed by atoms with Crippen LogP contribution in [0.1, 0.15) is 10.4 Å². The first kappa shape index (κ1) is 19.7. The number of hydrogen-bond acceptors (Lipinski definition) is 2. The molecule has 0 fully saturated rings. The second-order valence-electron chi connectivity index (χ2n) is 4.92. The monoisotopic (exact) mass is 419 g/mol. The molecule has 3 N–H and O–H groups in total. The fourth-order valence-corrected chi connectivity index (χ4v) is 2.29. The molecule has 2 aromatic carbocycles. The molecule has 3 amide bonds. The summed E-state index contributed by atoms with van der Waals surface area (Å²) >= 11 is 23.3. The molecule has 0 bridgehead atoms. The van der Waals surface area contributed by atoms with Crippen LogP contribution in [0.5, 0.6) is 0 Å². The van der Waals surface area contributed by atoms with Crippen LogP contribution in [0.2, 0.25) is 5.02 Å². The number of hydrogen-bond donors (Lipinski definition) is 3. The first-order valence-corrected chi connectivity index (χ1v) is 8.52. The lowest BCUT2D eigenvalue weighted by Gasteiger charge is -2.26. The number of carbonyl (C=O) groups is 2. The Kier molecular flexibility index (Phi) is 6.79. The second kappa shape index (κ2) is 8.63. The van der Waals surface area contributed by atoms with E-state index in [0.717, 1.165) is 0 Å². The molecule has 2 aromatic rings. The molecule has 0 aliphatic heterocycles. The molecule has 5 nitrogen and oxygen atoms in total. The third kappa shape index (κ3) is 6.29. The van der Waals surface area contributed by atoms with Crippen molar-refractivity contribution in [2.45, 2.75) is 9.96 Å². The van der Waals surface area contributed by atoms with Gasteiger partial charge in [0, 0.05) is 16.3 Å². The van der Waals surface area contributed by atoms with Crippen molar-refractivity contribution in [1.82, 2.24) is 10.6 Å². The number of benzene rings is 2. The Morgan fingerprint density at radius 1 is 0.880 bits per heavy atom. The minimum atomic E-state index is -1.96. The van der Waals surface area contributed by atoms with Gasteiger partial charge >= 0.3 is 6.03 Å². The van der Waals surface area contributed by atoms with Gasteiger partial charge in [0.05, 0.1) is 0 Å². The first-order valence-electron chi connectivity index (χ1n) is 7.01. The van der Waals surface area contributed by atoms with Gasteiger partial charge in [-0.15, -0.1) is 0 Å². The molecule has 25 heavy (non-hydrogen) atoms. The van der Waals surface area contributed by atoms with Crippen LogP contribution < -0.4 is 16.0 Å². The molecular weight excluding hydrogens is 408 g/mol. The summed E-state index contributed by atoms with van der Waals surface area (Å²) in [6.45, 7) is 0. The van der Waals surface area contributed by atoms with E-state index in [-0.39, 0.29) is 0 Å². The summed E-state index contributed by atoms with van der Waals surface area (Å²) in [6.07, 6.45) is -1.25. The van der Waals surface area contributed by atoms with Gasteiger partial charge in [-0.2, -0.15) is 0 Å². The average Bonchev–Trinajstić information content (AvgIpc) is 2.56. The molecule has 0 saturated heterocycles. The van der Waals surface area contributed by atoms with E-state index in [1.54, 1.807) is 54.6 Å². The Labute approximate surface area is 164 Å². The molecule has 0 aliphatic rings. The maximum Gasteiger partial charge on any atom is 0.320 e. The van der Waals surface area contributed by atoms with E-state index in [4.69, 9.17) is 46.4 Å². The summed E-state index contributed by atoms with van der Waals surface area (Å²) in [6, 6.07) is 14.1. The van der Waals surface area contributed by atoms with Crippen molar-refractivity contribution < 1.29 is 9.59 Å². The maximum absolute atomic E-state index is 12.2. The number of anilines is 1. The van der Waals surface area contributed by atoms with Crippen molar-refractivity contribution in [3.63, 3.8) is 0 Å². The fraction of sp³-hybridized carbons (Fsp3) is 0.125. The zero-order valence-corrected chi connectivity index (χ0v) is 15.6. The highest BCUT2D eigenvalue weighted by molar-refractivity contribution is 6.68. The zero-order chi connectivity index (χ0) is 18.4. The van der Waals surface area contributed by atoms with Gasteiger partial charge in [0.25, 0.3) is 5.91 Å². The number of urea groups is 1. The molecule has 0 heterocycles. The van der Waals surface area contributed by atoms with Crippen molar-refractivity contribution in [3.05, 3.63) is 65.2 Å². The summed E-state index contributed by atoms with van der Waals surface area (Å²) in [5.74, 6) is -0.497. The highest BCUT2D eigenvalue weighted by atomic mass is 35.6. The quantitative estimate of drug-likeness (QED) is 0.500. The number of nitrogens with one attached hydrogen (secondary N) is 3. The van der Waals surface area contributed by atoms with E-state index in [2.05, 4.69) is 16.0 Å². The lowest BCUT2D eigenvalue weighted by Crippen LogP contribution is -2.56. The lowest BCUT2D eigenvalue weighted by molar-refractivity contribution is 0.0933. The van der Waals surface area contributed by atoms with E-state index >= 15 is 0 Å². The van der Waals surface area contributed by atoms with E-state index in [1.165, 1.54) is 0 Å². The molecule has 0 radical (unpaired) electrons. The molecule has 0 spiro atoms. The Morgan fingerprint density at radius 3 is 2.04 bits per heavy atom. The molecule has 0 aliphatic carbocycles. The van der Waals surface area contributed by atoms with E-state index < -0.39 is 21.9 Å². The maximum atomic E-state index is 12.2. The molecule has 0 saturated carbocycles. The molecule has 132 valence electrons. The molecule has 2 rings (SSSR count). The topological polar surface area (TPSA) is 70.2 Å². The zero-order valence-electron chi connectivity index (χ0n) is 12.6. The summed E-state index contributed by atoms with van der Waals surface area (Å²) in [7, 11) is 0. The molecule has 0 aromatic heterocycles. The smallest absolute Gasteiger partial charge is 0.320 e.